The zero-order chi connectivity index (χ0) is 15.2. The van der Waals surface area contributed by atoms with Crippen molar-refractivity contribution in [2.24, 2.45) is 5.73 Å². The summed E-state index contributed by atoms with van der Waals surface area (Å²) in [6.07, 6.45) is 2.08. The molecule has 2 unspecified atom stereocenters. The first-order valence-corrected chi connectivity index (χ1v) is 7.84. The molecule has 0 radical (unpaired) electrons. The minimum absolute atomic E-state index is 0.0913. The zero-order valence-corrected chi connectivity index (χ0v) is 13.4. The van der Waals surface area contributed by atoms with Crippen LogP contribution in [0.4, 0.5) is 0 Å². The monoisotopic (exact) mass is 292 g/mol. The number of morpholine rings is 1. The molecule has 118 valence electrons. The van der Waals surface area contributed by atoms with E-state index in [1.807, 2.05) is 12.1 Å². The maximum Gasteiger partial charge on any atom is 0.118 e. The molecule has 1 saturated heterocycles. The first-order valence-electron chi connectivity index (χ1n) is 7.84. The van der Waals surface area contributed by atoms with Crippen molar-refractivity contribution < 1.29 is 9.47 Å². The minimum atomic E-state index is 0.0913. The molecule has 4 heteroatoms. The highest BCUT2D eigenvalue weighted by molar-refractivity contribution is 5.27. The fourth-order valence-corrected chi connectivity index (χ4v) is 2.74. The summed E-state index contributed by atoms with van der Waals surface area (Å²) in [6, 6.07) is 8.86. The molecule has 0 amide bonds. The average molecular weight is 292 g/mol. The summed E-state index contributed by atoms with van der Waals surface area (Å²) in [7, 11) is 1.69. The quantitative estimate of drug-likeness (QED) is 0.872. The van der Waals surface area contributed by atoms with Crippen molar-refractivity contribution in [3.63, 3.8) is 0 Å². The summed E-state index contributed by atoms with van der Waals surface area (Å²) in [4.78, 5) is 2.45. The number of aryl methyl sites for hydroxylation is 1. The van der Waals surface area contributed by atoms with Gasteiger partial charge in [-0.2, -0.15) is 0 Å². The van der Waals surface area contributed by atoms with E-state index in [0.29, 0.717) is 6.04 Å². The van der Waals surface area contributed by atoms with Crippen LogP contribution in [0.1, 0.15) is 25.8 Å². The molecule has 4 nitrogen and oxygen atoms in total. The molecule has 0 spiro atoms. The fraction of sp³-hybridized carbons (Fsp3) is 0.647. The summed E-state index contributed by atoms with van der Waals surface area (Å²) in [5, 5.41) is 0. The standard InChI is InChI=1S/C17H28N2O2/c1-13(2)19-10-11-21-17(12-19)16(18)9-6-14-4-7-15(20-3)8-5-14/h4-5,7-8,13,16-17H,6,9-12,18H2,1-3H3. The van der Waals surface area contributed by atoms with Gasteiger partial charge in [0.15, 0.2) is 0 Å². The van der Waals surface area contributed by atoms with E-state index in [1.165, 1.54) is 5.56 Å². The van der Waals surface area contributed by atoms with Gasteiger partial charge in [-0.3, -0.25) is 4.90 Å². The molecule has 1 aliphatic heterocycles. The van der Waals surface area contributed by atoms with Crippen molar-refractivity contribution in [3.05, 3.63) is 29.8 Å². The van der Waals surface area contributed by atoms with Crippen molar-refractivity contribution in [2.75, 3.05) is 26.8 Å². The van der Waals surface area contributed by atoms with Crippen molar-refractivity contribution >= 4 is 0 Å². The number of rotatable bonds is 6. The number of nitrogens with two attached hydrogens (primary N) is 1. The van der Waals surface area contributed by atoms with E-state index >= 15 is 0 Å². The Morgan fingerprint density at radius 2 is 2.05 bits per heavy atom. The Hall–Kier alpha value is -1.10. The normalized spacial score (nSPS) is 21.5. The highest BCUT2D eigenvalue weighted by Gasteiger charge is 2.26. The molecule has 0 saturated carbocycles. The maximum absolute atomic E-state index is 6.34. The van der Waals surface area contributed by atoms with Crippen LogP contribution in [0.5, 0.6) is 5.75 Å². The number of benzene rings is 1. The third-order valence-electron chi connectivity index (χ3n) is 4.26. The van der Waals surface area contributed by atoms with E-state index < -0.39 is 0 Å². The van der Waals surface area contributed by atoms with Crippen LogP contribution in [0, 0.1) is 0 Å². The lowest BCUT2D eigenvalue weighted by Gasteiger charge is -2.37. The van der Waals surface area contributed by atoms with E-state index in [4.69, 9.17) is 15.2 Å². The number of nitrogens with zero attached hydrogens (tertiary/aromatic N) is 1. The Labute approximate surface area is 128 Å². The Kier molecular flexibility index (Phi) is 6.03. The van der Waals surface area contributed by atoms with Crippen molar-refractivity contribution in [2.45, 2.75) is 44.9 Å². The maximum atomic E-state index is 6.34. The topological polar surface area (TPSA) is 47.7 Å². The summed E-state index contributed by atoms with van der Waals surface area (Å²) in [6.45, 7) is 7.20. The van der Waals surface area contributed by atoms with Crippen molar-refractivity contribution in [3.8, 4) is 5.75 Å². The number of hydrogen-bond acceptors (Lipinski definition) is 4. The summed E-state index contributed by atoms with van der Waals surface area (Å²) >= 11 is 0. The lowest BCUT2D eigenvalue weighted by molar-refractivity contribution is -0.0506. The minimum Gasteiger partial charge on any atom is -0.497 e. The van der Waals surface area contributed by atoms with E-state index in [0.717, 1.165) is 38.3 Å². The van der Waals surface area contributed by atoms with Crippen LogP contribution in [-0.2, 0) is 11.2 Å². The molecule has 0 aromatic heterocycles. The second-order valence-corrected chi connectivity index (χ2v) is 6.05. The van der Waals surface area contributed by atoms with Crippen LogP contribution >= 0.6 is 0 Å². The summed E-state index contributed by atoms with van der Waals surface area (Å²) in [5.74, 6) is 0.895. The second-order valence-electron chi connectivity index (χ2n) is 6.05. The Bertz CT molecular complexity index is 419. The highest BCUT2D eigenvalue weighted by Crippen LogP contribution is 2.16. The largest absolute Gasteiger partial charge is 0.497 e. The van der Waals surface area contributed by atoms with Crippen molar-refractivity contribution in [1.29, 1.82) is 0 Å². The van der Waals surface area contributed by atoms with Crippen LogP contribution in [0.3, 0.4) is 0 Å². The lowest BCUT2D eigenvalue weighted by atomic mass is 10.0. The Morgan fingerprint density at radius 1 is 1.33 bits per heavy atom. The van der Waals surface area contributed by atoms with Gasteiger partial charge in [0.2, 0.25) is 0 Å². The molecular formula is C17H28N2O2. The number of methoxy groups -OCH3 is 1. The molecule has 2 N–H and O–H groups in total. The van der Waals surface area contributed by atoms with Gasteiger partial charge in [0.25, 0.3) is 0 Å². The van der Waals surface area contributed by atoms with Gasteiger partial charge in [-0.1, -0.05) is 12.1 Å². The number of hydrogen-bond donors (Lipinski definition) is 1. The first kappa shape index (κ1) is 16.3. The van der Waals surface area contributed by atoms with Crippen LogP contribution in [-0.4, -0.2) is 49.9 Å². The molecule has 2 atom stereocenters. The third kappa shape index (κ3) is 4.70. The van der Waals surface area contributed by atoms with Crippen LogP contribution in [0.25, 0.3) is 0 Å². The molecule has 21 heavy (non-hydrogen) atoms. The van der Waals surface area contributed by atoms with Gasteiger partial charge in [-0.15, -0.1) is 0 Å². The smallest absolute Gasteiger partial charge is 0.118 e. The molecular weight excluding hydrogens is 264 g/mol. The zero-order valence-electron chi connectivity index (χ0n) is 13.4. The third-order valence-corrected chi connectivity index (χ3v) is 4.26. The molecule has 1 heterocycles. The molecule has 0 aliphatic carbocycles. The molecule has 1 fully saturated rings. The van der Waals surface area contributed by atoms with E-state index in [1.54, 1.807) is 7.11 Å². The molecule has 1 aliphatic rings. The van der Waals surface area contributed by atoms with Gasteiger partial charge in [-0.05, 0) is 44.4 Å². The fourth-order valence-electron chi connectivity index (χ4n) is 2.74. The Morgan fingerprint density at radius 3 is 2.67 bits per heavy atom. The van der Waals surface area contributed by atoms with Gasteiger partial charge in [0, 0.05) is 25.2 Å². The molecule has 1 aromatic rings. The van der Waals surface area contributed by atoms with Gasteiger partial charge >= 0.3 is 0 Å². The van der Waals surface area contributed by atoms with E-state index in [9.17, 15) is 0 Å². The lowest BCUT2D eigenvalue weighted by Crippen LogP contribution is -2.52. The van der Waals surface area contributed by atoms with Crippen LogP contribution < -0.4 is 10.5 Å². The molecule has 0 bridgehead atoms. The highest BCUT2D eigenvalue weighted by atomic mass is 16.5. The summed E-state index contributed by atoms with van der Waals surface area (Å²) < 4.78 is 11.0. The van der Waals surface area contributed by atoms with E-state index in [-0.39, 0.29) is 12.1 Å². The van der Waals surface area contributed by atoms with Crippen LogP contribution in [0.2, 0.25) is 0 Å². The second kappa shape index (κ2) is 7.78. The van der Waals surface area contributed by atoms with E-state index in [2.05, 4.69) is 30.9 Å². The van der Waals surface area contributed by atoms with Gasteiger partial charge in [-0.25, -0.2) is 0 Å². The SMILES string of the molecule is COc1ccc(CCC(N)C2CN(C(C)C)CCO2)cc1. The first-order chi connectivity index (χ1) is 10.1. The average Bonchev–Trinajstić information content (AvgIpc) is 2.53. The van der Waals surface area contributed by atoms with Gasteiger partial charge in [0.05, 0.1) is 19.8 Å². The van der Waals surface area contributed by atoms with Gasteiger partial charge in [0.1, 0.15) is 5.75 Å². The predicted molar refractivity (Wildman–Crippen MR) is 85.7 cm³/mol. The van der Waals surface area contributed by atoms with Crippen LogP contribution in [0.15, 0.2) is 24.3 Å². The van der Waals surface area contributed by atoms with Crippen molar-refractivity contribution in [1.82, 2.24) is 4.90 Å². The Balaban J connectivity index is 1.81. The van der Waals surface area contributed by atoms with Gasteiger partial charge < -0.3 is 15.2 Å². The molecule has 2 rings (SSSR count). The summed E-state index contributed by atoms with van der Waals surface area (Å²) in [5.41, 5.74) is 7.63. The number of ether oxygens (including phenoxy) is 2. The predicted octanol–water partition coefficient (Wildman–Crippen LogP) is 2.06. The molecule has 1 aromatic carbocycles.